The molecule has 1 atom stereocenters. The molecule has 0 aromatic heterocycles. The summed E-state index contributed by atoms with van der Waals surface area (Å²) in [7, 11) is 0. The van der Waals surface area contributed by atoms with Gasteiger partial charge in [-0.15, -0.1) is 0 Å². The molecule has 62 valence electrons. The summed E-state index contributed by atoms with van der Waals surface area (Å²) in [5.41, 5.74) is 5.30. The largest absolute Gasteiger partial charge is 0.347 e. The van der Waals surface area contributed by atoms with Crippen LogP contribution < -0.4 is 16.4 Å². The normalized spacial score (nSPS) is 26.9. The third-order valence-electron chi connectivity index (χ3n) is 1.43. The molecular formula is C5H5N5O2. The minimum absolute atomic E-state index is 0.00157. The van der Waals surface area contributed by atoms with Crippen molar-refractivity contribution in [2.75, 3.05) is 0 Å². The smallest absolute Gasteiger partial charge is 0.316 e. The van der Waals surface area contributed by atoms with Crippen molar-refractivity contribution in [1.29, 1.82) is 0 Å². The summed E-state index contributed by atoms with van der Waals surface area (Å²) in [5.74, 6) is -0.331. The van der Waals surface area contributed by atoms with Gasteiger partial charge in [-0.05, 0) is 0 Å². The quantitative estimate of drug-likeness (QED) is 0.385. The first-order chi connectivity index (χ1) is 5.66. The number of nitrogens with zero attached hydrogens (tertiary/aromatic N) is 2. The van der Waals surface area contributed by atoms with Gasteiger partial charge in [0.2, 0.25) is 0 Å². The van der Waals surface area contributed by atoms with E-state index in [1.165, 1.54) is 0 Å². The Kier molecular flexibility index (Phi) is 1.22. The summed E-state index contributed by atoms with van der Waals surface area (Å²) in [6.45, 7) is 0. The van der Waals surface area contributed by atoms with Crippen LogP contribution in [0, 0.1) is 0 Å². The van der Waals surface area contributed by atoms with Crippen LogP contribution in [0.4, 0.5) is 4.79 Å². The van der Waals surface area contributed by atoms with Gasteiger partial charge >= 0.3 is 6.03 Å². The highest BCUT2D eigenvalue weighted by Gasteiger charge is 2.31. The molecule has 4 N–H and O–H groups in total. The van der Waals surface area contributed by atoms with Crippen LogP contribution in [0.15, 0.2) is 9.98 Å². The molecule has 0 aromatic carbocycles. The Hall–Kier alpha value is -1.76. The molecule has 7 heteroatoms. The zero-order chi connectivity index (χ0) is 8.72. The topological polar surface area (TPSA) is 109 Å². The third-order valence-corrected chi connectivity index (χ3v) is 1.43. The van der Waals surface area contributed by atoms with Gasteiger partial charge in [-0.2, -0.15) is 4.99 Å². The Labute approximate surface area is 66.7 Å². The maximum Gasteiger partial charge on any atom is 0.347 e. The number of hydrogen-bond donors (Lipinski definition) is 3. The highest BCUT2D eigenvalue weighted by Crippen LogP contribution is 2.00. The average molecular weight is 167 g/mol. The van der Waals surface area contributed by atoms with Crippen molar-refractivity contribution in [2.45, 2.75) is 6.29 Å². The van der Waals surface area contributed by atoms with Crippen molar-refractivity contribution in [1.82, 2.24) is 10.6 Å². The second kappa shape index (κ2) is 2.11. The van der Waals surface area contributed by atoms with Gasteiger partial charge in [0, 0.05) is 0 Å². The molecule has 2 heterocycles. The maximum absolute atomic E-state index is 11.0. The molecule has 2 rings (SSSR count). The Morgan fingerprint density at radius 3 is 2.92 bits per heavy atom. The third kappa shape index (κ3) is 0.873. The molecule has 3 amide bonds. The van der Waals surface area contributed by atoms with Crippen LogP contribution in [0.5, 0.6) is 0 Å². The van der Waals surface area contributed by atoms with Gasteiger partial charge in [-0.1, -0.05) is 0 Å². The van der Waals surface area contributed by atoms with E-state index in [4.69, 9.17) is 5.73 Å². The van der Waals surface area contributed by atoms with Crippen LogP contribution in [-0.2, 0) is 4.79 Å². The number of carbonyl (C=O) groups is 2. The Morgan fingerprint density at radius 1 is 1.42 bits per heavy atom. The summed E-state index contributed by atoms with van der Waals surface area (Å²) in [6.07, 6.45) is -0.801. The summed E-state index contributed by atoms with van der Waals surface area (Å²) in [4.78, 5) is 28.8. The predicted octanol–water partition coefficient (Wildman–Crippen LogP) is -2.08. The molecular weight excluding hydrogens is 162 g/mol. The number of amidine groups is 1. The molecule has 2 aliphatic rings. The molecule has 12 heavy (non-hydrogen) atoms. The molecule has 2 aliphatic heterocycles. The van der Waals surface area contributed by atoms with Crippen LogP contribution in [0.25, 0.3) is 0 Å². The fraction of sp³-hybridized carbons (Fsp3) is 0.200. The van der Waals surface area contributed by atoms with Crippen molar-refractivity contribution in [3.8, 4) is 0 Å². The molecule has 7 nitrogen and oxygen atoms in total. The van der Waals surface area contributed by atoms with Crippen molar-refractivity contribution in [3.63, 3.8) is 0 Å². The van der Waals surface area contributed by atoms with Crippen molar-refractivity contribution < 1.29 is 9.59 Å². The standard InChI is InChI=1S/C5H5N5O2/c6-4-8-2-1(3(11)10-4)7-5(12)9-2/h4H,6H2,(H,10,11)(H,8,9,12). The van der Waals surface area contributed by atoms with E-state index in [2.05, 4.69) is 20.6 Å². The second-order valence-corrected chi connectivity index (χ2v) is 2.29. The summed E-state index contributed by atoms with van der Waals surface area (Å²) >= 11 is 0. The number of rotatable bonds is 0. The van der Waals surface area contributed by atoms with E-state index in [9.17, 15) is 9.59 Å². The Morgan fingerprint density at radius 2 is 2.17 bits per heavy atom. The highest BCUT2D eigenvalue weighted by molar-refractivity contribution is 6.70. The maximum atomic E-state index is 11.0. The van der Waals surface area contributed by atoms with E-state index < -0.39 is 18.2 Å². The van der Waals surface area contributed by atoms with Crippen LogP contribution in [0.3, 0.4) is 0 Å². The van der Waals surface area contributed by atoms with Crippen molar-refractivity contribution in [2.24, 2.45) is 15.7 Å². The number of fused-ring (bicyclic) bond motifs is 1. The van der Waals surface area contributed by atoms with Crippen molar-refractivity contribution in [3.05, 3.63) is 0 Å². The molecule has 1 unspecified atom stereocenters. The van der Waals surface area contributed by atoms with E-state index in [0.29, 0.717) is 0 Å². The SMILES string of the molecule is NC1N=C2NC(=O)N=C2C(=O)N1. The lowest BCUT2D eigenvalue weighted by atomic mass is 10.3. The fourth-order valence-corrected chi connectivity index (χ4v) is 0.969. The zero-order valence-corrected chi connectivity index (χ0v) is 5.87. The molecule has 0 saturated heterocycles. The van der Waals surface area contributed by atoms with Gasteiger partial charge in [0.05, 0.1) is 0 Å². The highest BCUT2D eigenvalue weighted by atomic mass is 16.2. The Balaban J connectivity index is 2.44. The molecule has 0 aliphatic carbocycles. The molecule has 0 aromatic rings. The molecule has 0 spiro atoms. The van der Waals surface area contributed by atoms with Gasteiger partial charge in [0.25, 0.3) is 5.91 Å². The number of carbonyl (C=O) groups excluding carboxylic acids is 2. The second-order valence-electron chi connectivity index (χ2n) is 2.29. The first-order valence-electron chi connectivity index (χ1n) is 3.21. The molecule has 0 saturated carbocycles. The lowest BCUT2D eigenvalue weighted by Crippen LogP contribution is -2.51. The predicted molar refractivity (Wildman–Crippen MR) is 39.5 cm³/mol. The van der Waals surface area contributed by atoms with Gasteiger partial charge < -0.3 is 5.32 Å². The minimum Gasteiger partial charge on any atom is -0.316 e. The minimum atomic E-state index is -0.801. The van der Waals surface area contributed by atoms with Crippen molar-refractivity contribution >= 4 is 23.5 Å². The van der Waals surface area contributed by atoms with E-state index in [1.807, 2.05) is 0 Å². The Bertz CT molecular complexity index is 331. The molecule has 0 radical (unpaired) electrons. The van der Waals surface area contributed by atoms with Crippen LogP contribution in [0.2, 0.25) is 0 Å². The lowest BCUT2D eigenvalue weighted by Gasteiger charge is -2.15. The van der Waals surface area contributed by atoms with Gasteiger partial charge in [0.1, 0.15) is 0 Å². The number of urea groups is 1. The summed E-state index contributed by atoms with van der Waals surface area (Å²) in [5, 5.41) is 4.58. The monoisotopic (exact) mass is 167 g/mol. The first kappa shape index (κ1) is 6.92. The average Bonchev–Trinajstić information content (AvgIpc) is 2.29. The van der Waals surface area contributed by atoms with Gasteiger partial charge in [-0.25, -0.2) is 9.79 Å². The van der Waals surface area contributed by atoms with Crippen LogP contribution in [0.1, 0.15) is 0 Å². The number of nitrogens with one attached hydrogen (secondary N) is 2. The van der Waals surface area contributed by atoms with E-state index in [1.54, 1.807) is 0 Å². The number of aliphatic imine (C=N–C) groups is 2. The van der Waals surface area contributed by atoms with Crippen LogP contribution >= 0.6 is 0 Å². The number of nitrogens with two attached hydrogens (primary N) is 1. The van der Waals surface area contributed by atoms with E-state index in [-0.39, 0.29) is 11.5 Å². The van der Waals surface area contributed by atoms with Gasteiger partial charge in [-0.3, -0.25) is 15.8 Å². The molecule has 0 bridgehead atoms. The zero-order valence-electron chi connectivity index (χ0n) is 5.87. The van der Waals surface area contributed by atoms with Gasteiger partial charge in [0.15, 0.2) is 17.8 Å². The van der Waals surface area contributed by atoms with E-state index in [0.717, 1.165) is 0 Å². The van der Waals surface area contributed by atoms with Crippen LogP contribution in [-0.4, -0.2) is 29.8 Å². The lowest BCUT2D eigenvalue weighted by molar-refractivity contribution is -0.115. The number of hydrogen-bond acceptors (Lipinski definition) is 4. The van der Waals surface area contributed by atoms with E-state index >= 15 is 0 Å². The summed E-state index contributed by atoms with van der Waals surface area (Å²) < 4.78 is 0. The molecule has 0 fully saturated rings. The first-order valence-corrected chi connectivity index (χ1v) is 3.21. The fourth-order valence-electron chi connectivity index (χ4n) is 0.969. The number of amides is 3. The summed E-state index contributed by atoms with van der Waals surface area (Å²) in [6, 6.07) is -0.590.